The van der Waals surface area contributed by atoms with Crippen LogP contribution in [-0.4, -0.2) is 18.9 Å². The highest BCUT2D eigenvalue weighted by Gasteiger charge is 2.21. The van der Waals surface area contributed by atoms with Crippen LogP contribution in [0.4, 0.5) is 5.69 Å². The highest BCUT2D eigenvalue weighted by molar-refractivity contribution is 5.96. The molecule has 1 aromatic carbocycles. The first-order chi connectivity index (χ1) is 7.84. The third-order valence-electron chi connectivity index (χ3n) is 2.31. The zero-order chi connectivity index (χ0) is 13.1. The van der Waals surface area contributed by atoms with Gasteiger partial charge in [0.1, 0.15) is 0 Å². The maximum Gasteiger partial charge on any atom is 0.251 e. The minimum atomic E-state index is -0.431. The number of nitrogens with one attached hydrogen (secondary N) is 2. The largest absolute Gasteiger partial charge is 0.355 e. The van der Waals surface area contributed by atoms with E-state index >= 15 is 0 Å². The van der Waals surface area contributed by atoms with Crippen LogP contribution >= 0.6 is 0 Å². The Labute approximate surface area is 101 Å². The van der Waals surface area contributed by atoms with Crippen molar-refractivity contribution in [1.29, 1.82) is 0 Å². The van der Waals surface area contributed by atoms with Crippen LogP contribution < -0.4 is 10.6 Å². The molecule has 0 aliphatic carbocycles. The van der Waals surface area contributed by atoms with Gasteiger partial charge in [-0.05, 0) is 24.3 Å². The Morgan fingerprint density at radius 3 is 2.00 bits per heavy atom. The SMILES string of the molecule is CNC(=O)c1ccc(NC(=O)C(C)(C)C)cc1. The number of carbonyl (C=O) groups is 2. The van der Waals surface area contributed by atoms with Crippen LogP contribution in [-0.2, 0) is 4.79 Å². The van der Waals surface area contributed by atoms with E-state index in [1.54, 1.807) is 31.3 Å². The first kappa shape index (κ1) is 13.2. The third-order valence-corrected chi connectivity index (χ3v) is 2.31. The van der Waals surface area contributed by atoms with E-state index in [4.69, 9.17) is 0 Å². The number of benzene rings is 1. The Bertz CT molecular complexity index is 416. The molecule has 0 fully saturated rings. The smallest absolute Gasteiger partial charge is 0.251 e. The number of rotatable bonds is 2. The first-order valence-corrected chi connectivity index (χ1v) is 5.48. The molecule has 0 aliphatic rings. The Morgan fingerprint density at radius 2 is 1.59 bits per heavy atom. The summed E-state index contributed by atoms with van der Waals surface area (Å²) in [5.74, 6) is -0.191. The van der Waals surface area contributed by atoms with Crippen molar-refractivity contribution in [3.8, 4) is 0 Å². The molecule has 0 aromatic heterocycles. The average Bonchev–Trinajstić information content (AvgIpc) is 2.27. The number of amides is 2. The minimum absolute atomic E-state index is 0.0507. The summed E-state index contributed by atoms with van der Waals surface area (Å²) in [5.41, 5.74) is 0.832. The predicted octanol–water partition coefficient (Wildman–Crippen LogP) is 2.03. The summed E-state index contributed by atoms with van der Waals surface area (Å²) in [6, 6.07) is 6.79. The highest BCUT2D eigenvalue weighted by Crippen LogP contribution is 2.17. The lowest BCUT2D eigenvalue weighted by atomic mass is 9.95. The normalized spacial score (nSPS) is 10.8. The second-order valence-electron chi connectivity index (χ2n) is 4.86. The van der Waals surface area contributed by atoms with Crippen LogP contribution in [0.3, 0.4) is 0 Å². The van der Waals surface area contributed by atoms with E-state index in [1.165, 1.54) is 0 Å². The second kappa shape index (κ2) is 4.99. The number of hydrogen-bond acceptors (Lipinski definition) is 2. The zero-order valence-electron chi connectivity index (χ0n) is 10.6. The molecule has 0 bridgehead atoms. The van der Waals surface area contributed by atoms with Crippen molar-refractivity contribution in [2.75, 3.05) is 12.4 Å². The van der Waals surface area contributed by atoms with Crippen LogP contribution in [0.25, 0.3) is 0 Å². The van der Waals surface area contributed by atoms with E-state index in [9.17, 15) is 9.59 Å². The van der Waals surface area contributed by atoms with E-state index in [1.807, 2.05) is 20.8 Å². The van der Waals surface area contributed by atoms with Gasteiger partial charge in [-0.15, -0.1) is 0 Å². The van der Waals surface area contributed by atoms with Crippen molar-refractivity contribution in [3.05, 3.63) is 29.8 Å². The summed E-state index contributed by atoms with van der Waals surface area (Å²) >= 11 is 0. The van der Waals surface area contributed by atoms with Gasteiger partial charge in [0, 0.05) is 23.7 Å². The second-order valence-corrected chi connectivity index (χ2v) is 4.86. The predicted molar refractivity (Wildman–Crippen MR) is 67.9 cm³/mol. The van der Waals surface area contributed by atoms with Crippen molar-refractivity contribution in [1.82, 2.24) is 5.32 Å². The van der Waals surface area contributed by atoms with Gasteiger partial charge < -0.3 is 10.6 Å². The van der Waals surface area contributed by atoms with E-state index in [0.717, 1.165) is 0 Å². The van der Waals surface area contributed by atoms with E-state index in [-0.39, 0.29) is 11.8 Å². The first-order valence-electron chi connectivity index (χ1n) is 5.48. The summed E-state index contributed by atoms with van der Waals surface area (Å²) in [5, 5.41) is 5.33. The van der Waals surface area contributed by atoms with Crippen LogP contribution in [0.15, 0.2) is 24.3 Å². The minimum Gasteiger partial charge on any atom is -0.355 e. The maximum atomic E-state index is 11.7. The summed E-state index contributed by atoms with van der Waals surface area (Å²) in [6.45, 7) is 5.55. The lowest BCUT2D eigenvalue weighted by Crippen LogP contribution is -2.27. The lowest BCUT2D eigenvalue weighted by molar-refractivity contribution is -0.123. The molecule has 0 radical (unpaired) electrons. The number of anilines is 1. The van der Waals surface area contributed by atoms with Gasteiger partial charge >= 0.3 is 0 Å². The fourth-order valence-electron chi connectivity index (χ4n) is 1.17. The summed E-state index contributed by atoms with van der Waals surface area (Å²) in [6.07, 6.45) is 0. The summed E-state index contributed by atoms with van der Waals surface area (Å²) in [7, 11) is 1.58. The molecule has 1 aromatic rings. The van der Waals surface area contributed by atoms with Crippen molar-refractivity contribution in [2.24, 2.45) is 5.41 Å². The molecule has 4 nitrogen and oxygen atoms in total. The van der Waals surface area contributed by atoms with Gasteiger partial charge in [0.05, 0.1) is 0 Å². The van der Waals surface area contributed by atoms with Gasteiger partial charge in [-0.2, -0.15) is 0 Å². The van der Waals surface area contributed by atoms with Crippen LogP contribution in [0.2, 0.25) is 0 Å². The zero-order valence-corrected chi connectivity index (χ0v) is 10.6. The fraction of sp³-hybridized carbons (Fsp3) is 0.385. The standard InChI is InChI=1S/C13H18N2O2/c1-13(2,3)12(17)15-10-7-5-9(6-8-10)11(16)14-4/h5-8H,1-4H3,(H,14,16)(H,15,17). The van der Waals surface area contributed by atoms with Crippen molar-refractivity contribution in [2.45, 2.75) is 20.8 Å². The summed E-state index contributed by atoms with van der Waals surface area (Å²) in [4.78, 5) is 23.0. The Morgan fingerprint density at radius 1 is 1.06 bits per heavy atom. The van der Waals surface area contributed by atoms with Crippen molar-refractivity contribution < 1.29 is 9.59 Å². The Kier molecular flexibility index (Phi) is 3.89. The molecule has 0 saturated heterocycles. The quantitative estimate of drug-likeness (QED) is 0.822. The molecule has 0 aliphatic heterocycles. The van der Waals surface area contributed by atoms with Gasteiger partial charge in [-0.3, -0.25) is 9.59 Å². The molecule has 2 N–H and O–H groups in total. The summed E-state index contributed by atoms with van der Waals surface area (Å²) < 4.78 is 0. The molecular weight excluding hydrogens is 216 g/mol. The molecule has 17 heavy (non-hydrogen) atoms. The number of carbonyl (C=O) groups excluding carboxylic acids is 2. The third kappa shape index (κ3) is 3.59. The molecule has 0 heterocycles. The lowest BCUT2D eigenvalue weighted by Gasteiger charge is -2.17. The molecule has 2 amide bonds. The molecule has 0 unspecified atom stereocenters. The van der Waals surface area contributed by atoms with E-state index in [2.05, 4.69) is 10.6 Å². The monoisotopic (exact) mass is 234 g/mol. The van der Waals surface area contributed by atoms with Gasteiger partial charge in [0.2, 0.25) is 5.91 Å². The molecule has 0 atom stereocenters. The Balaban J connectivity index is 2.76. The van der Waals surface area contributed by atoms with Gasteiger partial charge in [0.15, 0.2) is 0 Å². The van der Waals surface area contributed by atoms with Crippen LogP contribution in [0.1, 0.15) is 31.1 Å². The average molecular weight is 234 g/mol. The van der Waals surface area contributed by atoms with Crippen molar-refractivity contribution >= 4 is 17.5 Å². The van der Waals surface area contributed by atoms with E-state index in [0.29, 0.717) is 11.3 Å². The van der Waals surface area contributed by atoms with Gasteiger partial charge in [-0.25, -0.2) is 0 Å². The van der Waals surface area contributed by atoms with Gasteiger partial charge in [-0.1, -0.05) is 20.8 Å². The van der Waals surface area contributed by atoms with Crippen molar-refractivity contribution in [3.63, 3.8) is 0 Å². The molecule has 1 rings (SSSR count). The fourth-order valence-corrected chi connectivity index (χ4v) is 1.17. The molecule has 0 spiro atoms. The highest BCUT2D eigenvalue weighted by atomic mass is 16.2. The molecular formula is C13H18N2O2. The Hall–Kier alpha value is -1.84. The maximum absolute atomic E-state index is 11.7. The molecule has 92 valence electrons. The number of hydrogen-bond donors (Lipinski definition) is 2. The van der Waals surface area contributed by atoms with Crippen LogP contribution in [0, 0.1) is 5.41 Å². The topological polar surface area (TPSA) is 58.2 Å². The molecule has 4 heteroatoms. The van der Waals surface area contributed by atoms with Gasteiger partial charge in [0.25, 0.3) is 5.91 Å². The van der Waals surface area contributed by atoms with Crippen LogP contribution in [0.5, 0.6) is 0 Å². The molecule has 0 saturated carbocycles. The van der Waals surface area contributed by atoms with E-state index < -0.39 is 5.41 Å².